The summed E-state index contributed by atoms with van der Waals surface area (Å²) in [5.74, 6) is 0.547. The van der Waals surface area contributed by atoms with Crippen molar-refractivity contribution in [1.29, 1.82) is 0 Å². The Morgan fingerprint density at radius 2 is 2.05 bits per heavy atom. The highest BCUT2D eigenvalue weighted by Crippen LogP contribution is 2.13. The second-order valence-corrected chi connectivity index (χ2v) is 6.07. The van der Waals surface area contributed by atoms with E-state index in [2.05, 4.69) is 5.32 Å². The first kappa shape index (κ1) is 20.4. The van der Waals surface area contributed by atoms with E-state index in [-0.39, 0.29) is 24.4 Å². The molecule has 0 aromatic heterocycles. The molecule has 5 heteroatoms. The number of rotatable bonds is 8. The number of allylic oxidation sites excluding steroid dienone is 2. The van der Waals surface area contributed by atoms with E-state index in [0.29, 0.717) is 17.7 Å². The van der Waals surface area contributed by atoms with Crippen LogP contribution in [0.2, 0.25) is 0 Å². The van der Waals surface area contributed by atoms with Gasteiger partial charge in [-0.15, -0.1) is 0 Å². The van der Waals surface area contributed by atoms with E-state index in [4.69, 9.17) is 10.5 Å². The minimum Gasteiger partial charge on any atom is -0.487 e. The van der Waals surface area contributed by atoms with Crippen molar-refractivity contribution >= 4 is 5.91 Å². The minimum absolute atomic E-state index is 0.0565. The van der Waals surface area contributed by atoms with Crippen molar-refractivity contribution in [3.05, 3.63) is 35.9 Å². The van der Waals surface area contributed by atoms with Crippen molar-refractivity contribution in [1.82, 2.24) is 5.32 Å². The first-order chi connectivity index (χ1) is 10.2. The van der Waals surface area contributed by atoms with Crippen LogP contribution in [-0.2, 0) is 9.53 Å². The third-order valence-electron chi connectivity index (χ3n) is 2.72. The van der Waals surface area contributed by atoms with Crippen LogP contribution in [0.4, 0.5) is 4.39 Å². The van der Waals surface area contributed by atoms with Gasteiger partial charge in [0.25, 0.3) is 0 Å². The third-order valence-corrected chi connectivity index (χ3v) is 2.72. The SMILES string of the molecule is CC/C=C(\C=C/CC(=O)NC(C)(C)C)OC(C)/C(=C/F)CN. The Kier molecular flexibility index (Phi) is 9.42. The van der Waals surface area contributed by atoms with Crippen molar-refractivity contribution in [2.75, 3.05) is 6.54 Å². The molecular formula is C17H29FN2O2. The lowest BCUT2D eigenvalue weighted by molar-refractivity contribution is -0.121. The molecule has 0 aliphatic carbocycles. The van der Waals surface area contributed by atoms with Crippen molar-refractivity contribution in [2.24, 2.45) is 5.73 Å². The highest BCUT2D eigenvalue weighted by atomic mass is 19.1. The maximum atomic E-state index is 12.6. The van der Waals surface area contributed by atoms with E-state index < -0.39 is 6.10 Å². The molecule has 0 bridgehead atoms. The van der Waals surface area contributed by atoms with Crippen LogP contribution in [0.5, 0.6) is 0 Å². The monoisotopic (exact) mass is 312 g/mol. The predicted molar refractivity (Wildman–Crippen MR) is 88.8 cm³/mol. The summed E-state index contributed by atoms with van der Waals surface area (Å²) in [5.41, 5.74) is 5.59. The Labute approximate surface area is 133 Å². The Morgan fingerprint density at radius 3 is 2.50 bits per heavy atom. The summed E-state index contributed by atoms with van der Waals surface area (Å²) in [5, 5.41) is 2.88. The average Bonchev–Trinajstić information content (AvgIpc) is 2.38. The zero-order valence-electron chi connectivity index (χ0n) is 14.3. The van der Waals surface area contributed by atoms with Crippen LogP contribution in [0.25, 0.3) is 0 Å². The van der Waals surface area contributed by atoms with E-state index in [1.807, 2.05) is 33.8 Å². The molecule has 22 heavy (non-hydrogen) atoms. The van der Waals surface area contributed by atoms with Gasteiger partial charge < -0.3 is 15.8 Å². The maximum Gasteiger partial charge on any atom is 0.224 e. The predicted octanol–water partition coefficient (Wildman–Crippen LogP) is 3.36. The van der Waals surface area contributed by atoms with Crippen molar-refractivity contribution in [3.8, 4) is 0 Å². The molecular weight excluding hydrogens is 283 g/mol. The van der Waals surface area contributed by atoms with Gasteiger partial charge in [0.1, 0.15) is 11.9 Å². The van der Waals surface area contributed by atoms with Crippen LogP contribution < -0.4 is 11.1 Å². The lowest BCUT2D eigenvalue weighted by Crippen LogP contribution is -2.40. The minimum atomic E-state index is -0.444. The third kappa shape index (κ3) is 9.34. The van der Waals surface area contributed by atoms with Gasteiger partial charge in [0, 0.05) is 24.1 Å². The van der Waals surface area contributed by atoms with Gasteiger partial charge in [-0.05, 0) is 46.3 Å². The molecule has 0 rings (SSSR count). The molecule has 0 radical (unpaired) electrons. The summed E-state index contributed by atoms with van der Waals surface area (Å²) < 4.78 is 18.3. The number of halogens is 1. The summed E-state index contributed by atoms with van der Waals surface area (Å²) >= 11 is 0. The summed E-state index contributed by atoms with van der Waals surface area (Å²) in [7, 11) is 0. The van der Waals surface area contributed by atoms with Gasteiger partial charge in [-0.3, -0.25) is 4.79 Å². The van der Waals surface area contributed by atoms with Crippen molar-refractivity contribution < 1.29 is 13.9 Å². The van der Waals surface area contributed by atoms with Gasteiger partial charge in [-0.1, -0.05) is 13.0 Å². The molecule has 3 N–H and O–H groups in total. The second-order valence-electron chi connectivity index (χ2n) is 6.07. The fourth-order valence-corrected chi connectivity index (χ4v) is 1.69. The summed E-state index contributed by atoms with van der Waals surface area (Å²) in [6.45, 7) is 9.61. The molecule has 0 spiro atoms. The lowest BCUT2D eigenvalue weighted by atomic mass is 10.1. The van der Waals surface area contributed by atoms with E-state index in [0.717, 1.165) is 6.42 Å². The summed E-state index contributed by atoms with van der Waals surface area (Å²) in [6.07, 6.45) is 6.42. The first-order valence-electron chi connectivity index (χ1n) is 7.57. The summed E-state index contributed by atoms with van der Waals surface area (Å²) in [4.78, 5) is 11.7. The number of nitrogens with one attached hydrogen (secondary N) is 1. The standard InChI is InChI=1S/C17H29FN2O2/c1-6-8-15(22-13(2)14(11-18)12-19)9-7-10-16(21)20-17(3,4)5/h7-9,11,13H,6,10,12,19H2,1-5H3,(H,20,21)/b9-7-,14-11+,15-8+. The Morgan fingerprint density at radius 1 is 1.41 bits per heavy atom. The molecule has 0 saturated carbocycles. The molecule has 0 aliphatic rings. The van der Waals surface area contributed by atoms with Crippen molar-refractivity contribution in [3.63, 3.8) is 0 Å². The van der Waals surface area contributed by atoms with E-state index in [1.54, 1.807) is 19.1 Å². The van der Waals surface area contributed by atoms with Crippen LogP contribution in [-0.4, -0.2) is 24.1 Å². The van der Waals surface area contributed by atoms with E-state index >= 15 is 0 Å². The number of ether oxygens (including phenoxy) is 1. The number of carbonyl (C=O) groups excluding carboxylic acids is 1. The van der Waals surface area contributed by atoms with Gasteiger partial charge in [0.15, 0.2) is 0 Å². The number of nitrogens with two attached hydrogens (primary N) is 1. The first-order valence-corrected chi connectivity index (χ1v) is 7.57. The van der Waals surface area contributed by atoms with Gasteiger partial charge in [0.05, 0.1) is 6.33 Å². The fourth-order valence-electron chi connectivity index (χ4n) is 1.69. The molecule has 1 amide bonds. The summed E-state index contributed by atoms with van der Waals surface area (Å²) in [6, 6.07) is 0. The van der Waals surface area contributed by atoms with Gasteiger partial charge in [0.2, 0.25) is 5.91 Å². The Bertz CT molecular complexity index is 434. The van der Waals surface area contributed by atoms with Crippen LogP contribution in [0, 0.1) is 0 Å². The highest BCUT2D eigenvalue weighted by molar-refractivity contribution is 5.78. The molecule has 1 unspecified atom stereocenters. The van der Waals surface area contributed by atoms with Crippen molar-refractivity contribution in [2.45, 2.75) is 59.1 Å². The van der Waals surface area contributed by atoms with E-state index in [9.17, 15) is 9.18 Å². The average molecular weight is 312 g/mol. The van der Waals surface area contributed by atoms with Crippen LogP contribution >= 0.6 is 0 Å². The molecule has 0 aromatic rings. The van der Waals surface area contributed by atoms with Crippen LogP contribution in [0.3, 0.4) is 0 Å². The molecule has 4 nitrogen and oxygen atoms in total. The number of hydrogen-bond donors (Lipinski definition) is 2. The smallest absolute Gasteiger partial charge is 0.224 e. The Hall–Kier alpha value is -1.62. The molecule has 0 heterocycles. The largest absolute Gasteiger partial charge is 0.487 e. The van der Waals surface area contributed by atoms with E-state index in [1.165, 1.54) is 0 Å². The molecule has 1 atom stereocenters. The molecule has 126 valence electrons. The molecule has 0 aliphatic heterocycles. The Balaban J connectivity index is 4.63. The number of amides is 1. The maximum absolute atomic E-state index is 12.6. The fraction of sp³-hybridized carbons (Fsp3) is 0.588. The quantitative estimate of drug-likeness (QED) is 0.533. The topological polar surface area (TPSA) is 64.3 Å². The number of hydrogen-bond acceptors (Lipinski definition) is 3. The second kappa shape index (κ2) is 10.2. The zero-order valence-corrected chi connectivity index (χ0v) is 14.3. The lowest BCUT2D eigenvalue weighted by Gasteiger charge is -2.20. The normalized spacial score (nSPS) is 15.0. The van der Waals surface area contributed by atoms with Gasteiger partial charge in [-0.25, -0.2) is 4.39 Å². The molecule has 0 fully saturated rings. The molecule has 0 aromatic carbocycles. The van der Waals surface area contributed by atoms with Crippen LogP contribution in [0.1, 0.15) is 47.5 Å². The number of carbonyl (C=O) groups is 1. The highest BCUT2D eigenvalue weighted by Gasteiger charge is 2.12. The molecule has 0 saturated heterocycles. The van der Waals surface area contributed by atoms with Gasteiger partial charge >= 0.3 is 0 Å². The zero-order chi connectivity index (χ0) is 17.2. The van der Waals surface area contributed by atoms with Crippen LogP contribution in [0.15, 0.2) is 35.9 Å². The van der Waals surface area contributed by atoms with Gasteiger partial charge in [-0.2, -0.15) is 0 Å².